The van der Waals surface area contributed by atoms with Gasteiger partial charge in [-0.2, -0.15) is 0 Å². The van der Waals surface area contributed by atoms with Crippen LogP contribution in [0.5, 0.6) is 0 Å². The number of halogens is 1. The highest BCUT2D eigenvalue weighted by Crippen LogP contribution is 2.21. The molecule has 0 bridgehead atoms. The number of hydrogen-bond acceptors (Lipinski definition) is 4. The molecule has 2 aliphatic rings. The highest BCUT2D eigenvalue weighted by atomic mass is 127. The molecule has 0 radical (unpaired) electrons. The van der Waals surface area contributed by atoms with Crippen molar-refractivity contribution in [3.05, 3.63) is 42.0 Å². The van der Waals surface area contributed by atoms with Crippen LogP contribution in [-0.4, -0.2) is 45.9 Å². The van der Waals surface area contributed by atoms with E-state index in [1.165, 1.54) is 24.9 Å². The first-order valence-corrected chi connectivity index (χ1v) is 9.91. The Labute approximate surface area is 184 Å². The Morgan fingerprint density at radius 1 is 1.11 bits per heavy atom. The molecule has 7 nitrogen and oxygen atoms in total. The van der Waals surface area contributed by atoms with E-state index in [0.29, 0.717) is 18.6 Å². The first-order valence-electron chi connectivity index (χ1n) is 9.91. The third-order valence-corrected chi connectivity index (χ3v) is 5.36. The number of aryl methyl sites for hydroxylation is 1. The van der Waals surface area contributed by atoms with Gasteiger partial charge in [0.25, 0.3) is 0 Å². The van der Waals surface area contributed by atoms with Crippen molar-refractivity contribution in [2.45, 2.75) is 51.2 Å². The lowest BCUT2D eigenvalue weighted by Gasteiger charge is -2.35. The van der Waals surface area contributed by atoms with E-state index in [0.717, 1.165) is 37.1 Å². The molecule has 28 heavy (non-hydrogen) atoms. The minimum absolute atomic E-state index is 0. The summed E-state index contributed by atoms with van der Waals surface area (Å²) in [6, 6.07) is 11.6. The van der Waals surface area contributed by atoms with Gasteiger partial charge in [0.05, 0.1) is 0 Å². The summed E-state index contributed by atoms with van der Waals surface area (Å²) in [4.78, 5) is 7.25. The van der Waals surface area contributed by atoms with Crippen LogP contribution < -0.4 is 15.5 Å². The summed E-state index contributed by atoms with van der Waals surface area (Å²) in [6.45, 7) is 4.61. The summed E-state index contributed by atoms with van der Waals surface area (Å²) in [5.74, 6) is 2.70. The molecule has 2 fully saturated rings. The minimum atomic E-state index is 0. The number of guanidine groups is 1. The summed E-state index contributed by atoms with van der Waals surface area (Å²) >= 11 is 0. The van der Waals surface area contributed by atoms with E-state index >= 15 is 0 Å². The third-order valence-electron chi connectivity index (χ3n) is 5.36. The number of nitrogens with zero attached hydrogens (tertiary/aromatic N) is 5. The second-order valence-corrected chi connectivity index (χ2v) is 7.57. The Morgan fingerprint density at radius 2 is 1.86 bits per heavy atom. The largest absolute Gasteiger partial charge is 0.369 e. The zero-order chi connectivity index (χ0) is 18.6. The summed E-state index contributed by atoms with van der Waals surface area (Å²) in [6.07, 6.45) is 4.80. The average molecular weight is 495 g/mol. The van der Waals surface area contributed by atoms with Gasteiger partial charge in [0.15, 0.2) is 11.8 Å². The van der Waals surface area contributed by atoms with E-state index in [2.05, 4.69) is 56.1 Å². The molecule has 2 N–H and O–H groups in total. The highest BCUT2D eigenvalue weighted by Gasteiger charge is 2.25. The van der Waals surface area contributed by atoms with E-state index in [9.17, 15) is 0 Å². The van der Waals surface area contributed by atoms with Gasteiger partial charge in [-0.15, -0.1) is 34.2 Å². The lowest BCUT2D eigenvalue weighted by atomic mass is 10.1. The van der Waals surface area contributed by atoms with Crippen LogP contribution in [0.15, 0.2) is 35.3 Å². The first kappa shape index (κ1) is 20.9. The van der Waals surface area contributed by atoms with Crippen molar-refractivity contribution in [3.63, 3.8) is 0 Å². The molecule has 1 saturated heterocycles. The van der Waals surface area contributed by atoms with Crippen LogP contribution in [0.1, 0.15) is 37.3 Å². The van der Waals surface area contributed by atoms with Gasteiger partial charge in [-0.25, -0.2) is 4.99 Å². The van der Waals surface area contributed by atoms with Crippen LogP contribution >= 0.6 is 24.0 Å². The molecule has 2 heterocycles. The standard InChI is InChI=1S/C20H29N7.HI/c1-15-24-25-19(26(15)2)13-21-20(22-16-10-11-16)23-17-7-6-12-27(14-17)18-8-4-3-5-9-18;/h3-5,8-9,16-17H,6-7,10-14H2,1-2H3,(H2,21,22,23);1H. The summed E-state index contributed by atoms with van der Waals surface area (Å²) in [5, 5.41) is 15.6. The number of benzene rings is 1. The van der Waals surface area contributed by atoms with Gasteiger partial charge in [-0.1, -0.05) is 18.2 Å². The molecule has 0 spiro atoms. The van der Waals surface area contributed by atoms with Crippen molar-refractivity contribution in [1.29, 1.82) is 0 Å². The fraction of sp³-hybridized carbons (Fsp3) is 0.550. The predicted molar refractivity (Wildman–Crippen MR) is 123 cm³/mol. The van der Waals surface area contributed by atoms with Crippen molar-refractivity contribution in [2.75, 3.05) is 18.0 Å². The smallest absolute Gasteiger partial charge is 0.192 e. The topological polar surface area (TPSA) is 70.4 Å². The van der Waals surface area contributed by atoms with E-state index < -0.39 is 0 Å². The molecule has 1 saturated carbocycles. The molecular weight excluding hydrogens is 465 g/mol. The molecule has 1 aromatic carbocycles. The van der Waals surface area contributed by atoms with E-state index in [1.807, 2.05) is 18.5 Å². The molecule has 1 atom stereocenters. The Bertz CT molecular complexity index is 785. The maximum absolute atomic E-state index is 4.79. The molecule has 1 unspecified atom stereocenters. The van der Waals surface area contributed by atoms with Gasteiger partial charge < -0.3 is 20.1 Å². The number of rotatable bonds is 5. The number of para-hydroxylation sites is 1. The maximum Gasteiger partial charge on any atom is 0.192 e. The van der Waals surface area contributed by atoms with Crippen LogP contribution in [0.2, 0.25) is 0 Å². The van der Waals surface area contributed by atoms with Crippen molar-refractivity contribution < 1.29 is 0 Å². The number of nitrogens with one attached hydrogen (secondary N) is 2. The van der Waals surface area contributed by atoms with Crippen molar-refractivity contribution >= 4 is 35.6 Å². The Morgan fingerprint density at radius 3 is 2.54 bits per heavy atom. The van der Waals surface area contributed by atoms with Gasteiger partial charge in [-0.3, -0.25) is 0 Å². The number of aromatic nitrogens is 3. The van der Waals surface area contributed by atoms with Crippen LogP contribution in [0.25, 0.3) is 0 Å². The number of aliphatic imine (C=N–C) groups is 1. The Hall–Kier alpha value is -1.84. The second-order valence-electron chi connectivity index (χ2n) is 7.57. The maximum atomic E-state index is 4.79. The van der Waals surface area contributed by atoms with E-state index in [4.69, 9.17) is 4.99 Å². The van der Waals surface area contributed by atoms with Crippen LogP contribution in [-0.2, 0) is 13.6 Å². The molecule has 1 aromatic heterocycles. The molecular formula is C20H30IN7. The molecule has 2 aromatic rings. The average Bonchev–Trinajstić information content (AvgIpc) is 3.46. The summed E-state index contributed by atoms with van der Waals surface area (Å²) in [5.41, 5.74) is 1.30. The number of piperidine rings is 1. The lowest BCUT2D eigenvalue weighted by molar-refractivity contribution is 0.467. The van der Waals surface area contributed by atoms with E-state index in [-0.39, 0.29) is 24.0 Å². The highest BCUT2D eigenvalue weighted by molar-refractivity contribution is 14.0. The molecule has 0 amide bonds. The van der Waals surface area contributed by atoms with Crippen LogP contribution in [0.4, 0.5) is 5.69 Å². The summed E-state index contributed by atoms with van der Waals surface area (Å²) < 4.78 is 2.00. The molecule has 1 aliphatic heterocycles. The van der Waals surface area contributed by atoms with E-state index in [1.54, 1.807) is 0 Å². The fourth-order valence-electron chi connectivity index (χ4n) is 3.45. The quantitative estimate of drug-likeness (QED) is 0.379. The SMILES string of the molecule is Cc1nnc(CN=C(NC2CC2)NC2CCCN(c3ccccc3)C2)n1C.I. The van der Waals surface area contributed by atoms with Gasteiger partial charge in [0.1, 0.15) is 12.4 Å². The lowest BCUT2D eigenvalue weighted by Crippen LogP contribution is -2.51. The Kier molecular flexibility index (Phi) is 7.14. The zero-order valence-electron chi connectivity index (χ0n) is 16.6. The molecule has 152 valence electrons. The predicted octanol–water partition coefficient (Wildman–Crippen LogP) is 2.61. The number of hydrogen-bond donors (Lipinski definition) is 2. The second kappa shape index (κ2) is 9.58. The Balaban J connectivity index is 0.00000225. The third kappa shape index (κ3) is 5.36. The van der Waals surface area contributed by atoms with Gasteiger partial charge >= 0.3 is 0 Å². The fourth-order valence-corrected chi connectivity index (χ4v) is 3.45. The zero-order valence-corrected chi connectivity index (χ0v) is 19.0. The van der Waals surface area contributed by atoms with Crippen LogP contribution in [0, 0.1) is 6.92 Å². The summed E-state index contributed by atoms with van der Waals surface area (Å²) in [7, 11) is 1.99. The normalized spacial score (nSPS) is 19.9. The molecule has 4 rings (SSSR count). The molecule has 1 aliphatic carbocycles. The van der Waals surface area contributed by atoms with Crippen molar-refractivity contribution in [3.8, 4) is 0 Å². The first-order chi connectivity index (χ1) is 13.2. The number of anilines is 1. The van der Waals surface area contributed by atoms with Crippen molar-refractivity contribution in [2.24, 2.45) is 12.0 Å². The minimum Gasteiger partial charge on any atom is -0.369 e. The van der Waals surface area contributed by atoms with Crippen molar-refractivity contribution in [1.82, 2.24) is 25.4 Å². The monoisotopic (exact) mass is 495 g/mol. The van der Waals surface area contributed by atoms with Gasteiger partial charge in [0, 0.05) is 37.9 Å². The molecule has 8 heteroatoms. The van der Waals surface area contributed by atoms with Crippen LogP contribution in [0.3, 0.4) is 0 Å². The van der Waals surface area contributed by atoms with Gasteiger partial charge in [0.2, 0.25) is 0 Å². The van der Waals surface area contributed by atoms with Gasteiger partial charge in [-0.05, 0) is 44.7 Å².